The van der Waals surface area contributed by atoms with Gasteiger partial charge in [-0.05, 0) is 42.7 Å². The monoisotopic (exact) mass is 416 g/mol. The summed E-state index contributed by atoms with van der Waals surface area (Å²) in [5.41, 5.74) is 5.00. The molecule has 1 N–H and O–H groups in total. The van der Waals surface area contributed by atoms with Gasteiger partial charge in [0.2, 0.25) is 0 Å². The number of halogens is 1. The van der Waals surface area contributed by atoms with E-state index in [1.807, 2.05) is 80.6 Å². The molecule has 5 heteroatoms. The summed E-state index contributed by atoms with van der Waals surface area (Å²) >= 11 is 6.27. The summed E-state index contributed by atoms with van der Waals surface area (Å²) in [6.45, 7) is 4.10. The van der Waals surface area contributed by atoms with Crippen LogP contribution in [0.4, 0.5) is 5.69 Å². The van der Waals surface area contributed by atoms with Gasteiger partial charge in [0.1, 0.15) is 5.70 Å². The molecule has 1 aliphatic rings. The van der Waals surface area contributed by atoms with Crippen LogP contribution in [0.1, 0.15) is 22.3 Å². The van der Waals surface area contributed by atoms with Crippen molar-refractivity contribution >= 4 is 34.7 Å². The number of carbonyl (C=O) groups excluding carboxylic acids is 2. The Balaban J connectivity index is 1.76. The predicted octanol–water partition coefficient (Wildman–Crippen LogP) is 5.35. The minimum Gasteiger partial charge on any atom is -0.350 e. The highest BCUT2D eigenvalue weighted by atomic mass is 35.5. The fourth-order valence-electron chi connectivity index (χ4n) is 3.59. The molecule has 0 aliphatic carbocycles. The molecule has 3 aromatic carbocycles. The molecule has 0 saturated heterocycles. The number of hydrogen-bond donors (Lipinski definition) is 1. The van der Waals surface area contributed by atoms with Crippen molar-refractivity contribution in [3.05, 3.63) is 106 Å². The summed E-state index contributed by atoms with van der Waals surface area (Å²) in [7, 11) is 0. The van der Waals surface area contributed by atoms with Gasteiger partial charge in [-0.1, -0.05) is 77.8 Å². The summed E-state index contributed by atoms with van der Waals surface area (Å²) in [5, 5.41) is 3.75. The molecule has 4 rings (SSSR count). The molecule has 1 heterocycles. The van der Waals surface area contributed by atoms with Crippen molar-refractivity contribution < 1.29 is 9.59 Å². The molecular formula is C25H21ClN2O2. The molecule has 150 valence electrons. The van der Waals surface area contributed by atoms with Crippen LogP contribution >= 0.6 is 11.6 Å². The highest BCUT2D eigenvalue weighted by Crippen LogP contribution is 2.33. The van der Waals surface area contributed by atoms with E-state index in [1.165, 1.54) is 4.90 Å². The number of carbonyl (C=O) groups is 2. The van der Waals surface area contributed by atoms with Gasteiger partial charge in [0.25, 0.3) is 11.8 Å². The number of nitrogens with zero attached hydrogens (tertiary/aromatic N) is 1. The van der Waals surface area contributed by atoms with Crippen molar-refractivity contribution in [1.29, 1.82) is 0 Å². The van der Waals surface area contributed by atoms with Gasteiger partial charge in [0.05, 0.1) is 12.1 Å². The lowest BCUT2D eigenvalue weighted by Gasteiger charge is -2.16. The fraction of sp³-hybridized carbons (Fsp3) is 0.120. The maximum Gasteiger partial charge on any atom is 0.278 e. The molecule has 0 atom stereocenters. The molecule has 1 aliphatic heterocycles. The third kappa shape index (κ3) is 3.74. The topological polar surface area (TPSA) is 49.4 Å². The van der Waals surface area contributed by atoms with Crippen LogP contribution in [-0.4, -0.2) is 16.7 Å². The molecule has 0 aromatic heterocycles. The summed E-state index contributed by atoms with van der Waals surface area (Å²) in [6.07, 6.45) is 0. The molecule has 2 amide bonds. The van der Waals surface area contributed by atoms with Crippen LogP contribution in [0.3, 0.4) is 0 Å². The quantitative estimate of drug-likeness (QED) is 0.570. The molecule has 30 heavy (non-hydrogen) atoms. The van der Waals surface area contributed by atoms with Crippen molar-refractivity contribution in [3.8, 4) is 0 Å². The van der Waals surface area contributed by atoms with Gasteiger partial charge in [-0.3, -0.25) is 14.5 Å². The Bertz CT molecular complexity index is 1170. The fourth-order valence-corrected chi connectivity index (χ4v) is 3.79. The van der Waals surface area contributed by atoms with E-state index in [0.717, 1.165) is 22.4 Å². The maximum absolute atomic E-state index is 13.3. The van der Waals surface area contributed by atoms with Gasteiger partial charge >= 0.3 is 0 Å². The third-order valence-corrected chi connectivity index (χ3v) is 5.53. The molecule has 0 radical (unpaired) electrons. The molecule has 0 saturated carbocycles. The van der Waals surface area contributed by atoms with Gasteiger partial charge in [0.15, 0.2) is 0 Å². The van der Waals surface area contributed by atoms with Crippen LogP contribution in [-0.2, 0) is 16.1 Å². The second-order valence-electron chi connectivity index (χ2n) is 7.35. The van der Waals surface area contributed by atoms with Gasteiger partial charge in [-0.25, -0.2) is 0 Å². The minimum absolute atomic E-state index is 0.117. The normalized spacial score (nSPS) is 13.9. The number of rotatable bonds is 5. The maximum atomic E-state index is 13.3. The van der Waals surface area contributed by atoms with E-state index in [4.69, 9.17) is 11.6 Å². The average molecular weight is 417 g/mol. The number of anilines is 1. The number of nitrogens with one attached hydrogen (secondary N) is 1. The van der Waals surface area contributed by atoms with Gasteiger partial charge in [-0.15, -0.1) is 0 Å². The molecule has 0 spiro atoms. The first-order chi connectivity index (χ1) is 14.5. The zero-order valence-electron chi connectivity index (χ0n) is 16.8. The third-order valence-electron chi connectivity index (χ3n) is 5.16. The first-order valence-corrected chi connectivity index (χ1v) is 10.1. The van der Waals surface area contributed by atoms with E-state index in [-0.39, 0.29) is 24.1 Å². The van der Waals surface area contributed by atoms with Gasteiger partial charge < -0.3 is 5.32 Å². The van der Waals surface area contributed by atoms with E-state index in [9.17, 15) is 9.59 Å². The average Bonchev–Trinajstić information content (AvgIpc) is 2.96. The highest BCUT2D eigenvalue weighted by Gasteiger charge is 2.39. The van der Waals surface area contributed by atoms with E-state index in [1.54, 1.807) is 6.07 Å². The second-order valence-corrected chi connectivity index (χ2v) is 7.75. The van der Waals surface area contributed by atoms with Crippen molar-refractivity contribution in [3.63, 3.8) is 0 Å². The van der Waals surface area contributed by atoms with Crippen molar-refractivity contribution in [2.75, 3.05) is 5.32 Å². The van der Waals surface area contributed by atoms with Crippen LogP contribution < -0.4 is 5.32 Å². The SMILES string of the molecule is Cc1ccc(NC2=C(c3ccccc3)C(=O)N(Cc3ccccc3Cl)C2=O)c(C)c1. The number of amides is 2. The molecule has 4 nitrogen and oxygen atoms in total. The van der Waals surface area contributed by atoms with E-state index in [0.29, 0.717) is 16.2 Å². The Morgan fingerprint density at radius 3 is 2.27 bits per heavy atom. The first-order valence-electron chi connectivity index (χ1n) is 9.69. The second kappa shape index (κ2) is 8.17. The minimum atomic E-state index is -0.362. The van der Waals surface area contributed by atoms with Crippen LogP contribution in [0, 0.1) is 13.8 Å². The summed E-state index contributed by atoms with van der Waals surface area (Å²) < 4.78 is 0. The Labute approximate surface area is 180 Å². The Morgan fingerprint density at radius 2 is 1.57 bits per heavy atom. The zero-order chi connectivity index (χ0) is 21.3. The highest BCUT2D eigenvalue weighted by molar-refractivity contribution is 6.36. The Morgan fingerprint density at radius 1 is 0.867 bits per heavy atom. The number of benzene rings is 3. The predicted molar refractivity (Wildman–Crippen MR) is 120 cm³/mol. The van der Waals surface area contributed by atoms with Crippen molar-refractivity contribution in [2.45, 2.75) is 20.4 Å². The van der Waals surface area contributed by atoms with Gasteiger partial charge in [-0.2, -0.15) is 0 Å². The zero-order valence-corrected chi connectivity index (χ0v) is 17.5. The molecule has 0 fully saturated rings. The van der Waals surface area contributed by atoms with Crippen molar-refractivity contribution in [1.82, 2.24) is 4.90 Å². The Hall–Kier alpha value is -3.37. The molecule has 0 bridgehead atoms. The molecule has 0 unspecified atom stereocenters. The van der Waals surface area contributed by atoms with E-state index >= 15 is 0 Å². The molecular weight excluding hydrogens is 396 g/mol. The molecule has 3 aromatic rings. The Kier molecular flexibility index (Phi) is 5.42. The van der Waals surface area contributed by atoms with Crippen LogP contribution in [0.25, 0.3) is 5.57 Å². The lowest BCUT2D eigenvalue weighted by Crippen LogP contribution is -2.32. The lowest BCUT2D eigenvalue weighted by atomic mass is 10.0. The largest absolute Gasteiger partial charge is 0.350 e. The number of aryl methyl sites for hydroxylation is 2. The number of hydrogen-bond acceptors (Lipinski definition) is 3. The summed E-state index contributed by atoms with van der Waals surface area (Å²) in [6, 6.07) is 22.4. The number of imide groups is 1. The first kappa shape index (κ1) is 19.9. The van der Waals surface area contributed by atoms with E-state index in [2.05, 4.69) is 5.32 Å². The van der Waals surface area contributed by atoms with Gasteiger partial charge in [0, 0.05) is 10.7 Å². The van der Waals surface area contributed by atoms with Crippen LogP contribution in [0.15, 0.2) is 78.5 Å². The summed E-state index contributed by atoms with van der Waals surface area (Å²) in [4.78, 5) is 27.9. The lowest BCUT2D eigenvalue weighted by molar-refractivity contribution is -0.137. The van der Waals surface area contributed by atoms with Crippen LogP contribution in [0.5, 0.6) is 0 Å². The van der Waals surface area contributed by atoms with Crippen LogP contribution in [0.2, 0.25) is 5.02 Å². The standard InChI is InChI=1S/C25H21ClN2O2/c1-16-12-13-21(17(2)14-16)27-23-22(18-8-4-3-5-9-18)24(29)28(25(23)30)15-19-10-6-7-11-20(19)26/h3-14,27H,15H2,1-2H3. The summed E-state index contributed by atoms with van der Waals surface area (Å²) in [5.74, 6) is -0.697. The smallest absolute Gasteiger partial charge is 0.278 e. The van der Waals surface area contributed by atoms with Crippen molar-refractivity contribution in [2.24, 2.45) is 0 Å². The van der Waals surface area contributed by atoms with E-state index < -0.39 is 0 Å².